The second-order valence-electron chi connectivity index (χ2n) is 7.31. The molecule has 31 heavy (non-hydrogen) atoms. The van der Waals surface area contributed by atoms with Gasteiger partial charge in [0.25, 0.3) is 0 Å². The predicted molar refractivity (Wildman–Crippen MR) is 126 cm³/mol. The molecule has 0 aliphatic rings. The molecule has 0 radical (unpaired) electrons. The molecule has 0 aliphatic heterocycles. The number of halogens is 2. The van der Waals surface area contributed by atoms with Crippen molar-refractivity contribution in [1.82, 2.24) is 0 Å². The van der Waals surface area contributed by atoms with Crippen molar-refractivity contribution >= 4 is 32.2 Å². The van der Waals surface area contributed by atoms with E-state index in [1.807, 2.05) is 0 Å². The second-order valence-corrected chi connectivity index (χ2v) is 17.2. The minimum atomic E-state index is -0.0733. The fraction of sp³-hybridized carbons (Fsp3) is 0.111. The van der Waals surface area contributed by atoms with Gasteiger partial charge in [0.15, 0.2) is 0 Å². The number of hydrogen-bond donors (Lipinski definition) is 0. The molecule has 5 aromatic rings. The first-order valence-corrected chi connectivity index (χ1v) is 17.3. The Bertz CT molecular complexity index is 1070. The van der Waals surface area contributed by atoms with Crippen molar-refractivity contribution in [2.45, 2.75) is 20.4 Å². The molecule has 5 rings (SSSR count). The maximum Gasteiger partial charge on any atom is -0.0579 e. The molecule has 0 aromatic heterocycles. The third-order valence-corrected chi connectivity index (χ3v) is 9.04. The van der Waals surface area contributed by atoms with Gasteiger partial charge < -0.3 is 24.8 Å². The molecule has 0 amide bonds. The first-order valence-electron chi connectivity index (χ1n) is 9.87. The van der Waals surface area contributed by atoms with Gasteiger partial charge in [-0.25, -0.2) is 0 Å². The van der Waals surface area contributed by atoms with Crippen LogP contribution < -0.4 is 30.0 Å². The van der Waals surface area contributed by atoms with Crippen LogP contribution in [0.1, 0.15) is 11.1 Å². The smallest absolute Gasteiger partial charge is 0.0579 e. The largest absolute Gasteiger partial charge is 1.00 e. The second kappa shape index (κ2) is 13.9. The van der Waals surface area contributed by atoms with Crippen molar-refractivity contribution in [3.05, 3.63) is 114 Å². The molecular weight excluding hydrogens is 602 g/mol. The summed E-state index contributed by atoms with van der Waals surface area (Å²) in [6, 6.07) is 36.5. The quantitative estimate of drug-likeness (QED) is 0.191. The molecule has 0 atom stereocenters. The van der Waals surface area contributed by atoms with E-state index in [0.717, 1.165) is 0 Å². The number of aryl methyl sites for hydroxylation is 2. The predicted octanol–water partition coefficient (Wildman–Crippen LogP) is 0.804. The Hall–Kier alpha value is -1.45. The van der Waals surface area contributed by atoms with Crippen LogP contribution in [0.2, 0.25) is 6.55 Å². The third-order valence-electron chi connectivity index (χ3n) is 4.73. The van der Waals surface area contributed by atoms with Gasteiger partial charge >= 0.3 is 70.6 Å². The first-order chi connectivity index (χ1) is 14.0. The minimum Gasteiger partial charge on any atom is -1.00 e. The molecule has 0 saturated carbocycles. The molecule has 5 aromatic carbocycles. The maximum atomic E-state index is 2.37. The summed E-state index contributed by atoms with van der Waals surface area (Å²) >= 11 is 1.36. The van der Waals surface area contributed by atoms with Crippen LogP contribution in [0, 0.1) is 13.8 Å². The van der Waals surface area contributed by atoms with Crippen molar-refractivity contribution in [2.24, 2.45) is 0 Å². The van der Waals surface area contributed by atoms with Gasteiger partial charge in [0.1, 0.15) is 0 Å². The first kappa shape index (κ1) is 27.6. The van der Waals surface area contributed by atoms with Gasteiger partial charge in [-0.3, -0.25) is 0 Å². The maximum absolute atomic E-state index is 2.37. The zero-order chi connectivity index (χ0) is 20.6. The minimum absolute atomic E-state index is 0. The summed E-state index contributed by atoms with van der Waals surface area (Å²) in [4.78, 5) is 0. The topological polar surface area (TPSA) is 0 Å². The number of benzene rings is 3. The molecule has 0 aliphatic carbocycles. The average Bonchev–Trinajstić information content (AvgIpc) is 3.30. The van der Waals surface area contributed by atoms with Crippen molar-refractivity contribution in [1.29, 1.82) is 0 Å². The fourth-order valence-corrected chi connectivity index (χ4v) is 5.79. The summed E-state index contributed by atoms with van der Waals surface area (Å²) in [7, 11) is 0. The number of fused-ring (bicyclic) bond motifs is 2. The van der Waals surface area contributed by atoms with E-state index in [-0.39, 0.29) is 30.3 Å². The van der Waals surface area contributed by atoms with E-state index in [1.165, 1.54) is 55.7 Å². The van der Waals surface area contributed by atoms with Crippen molar-refractivity contribution in [3.63, 3.8) is 0 Å². The van der Waals surface area contributed by atoms with Gasteiger partial charge in [0.05, 0.1) is 0 Å². The van der Waals surface area contributed by atoms with E-state index in [4.69, 9.17) is 0 Å². The summed E-state index contributed by atoms with van der Waals surface area (Å²) in [6.45, 7) is 6.62. The van der Waals surface area contributed by atoms with Gasteiger partial charge in [-0.2, -0.15) is 12.1 Å². The molecule has 0 N–H and O–H groups in total. The van der Waals surface area contributed by atoms with Crippen LogP contribution in [0.4, 0.5) is 0 Å². The van der Waals surface area contributed by atoms with E-state index >= 15 is 0 Å². The summed E-state index contributed by atoms with van der Waals surface area (Å²) < 4.78 is 0. The normalized spacial score (nSPS) is 9.45. The Kier molecular flexibility index (Phi) is 12.3. The van der Waals surface area contributed by atoms with Crippen LogP contribution >= 0.6 is 0 Å². The Balaban J connectivity index is 0.000000226. The van der Waals surface area contributed by atoms with Crippen molar-refractivity contribution in [3.8, 4) is 0 Å². The zero-order valence-corrected chi connectivity index (χ0v) is 24.2. The average molecular weight is 628 g/mol. The molecule has 158 valence electrons. The SMILES string of the molecule is C[Si](=[Hf+2])c1ccccc1.Cc1cc2ccccc2[cH-]1.Cc1cc2ccccc2[cH-]1.[Cl-].[Cl-]. The van der Waals surface area contributed by atoms with Crippen molar-refractivity contribution in [2.75, 3.05) is 0 Å². The number of rotatable bonds is 1. The summed E-state index contributed by atoms with van der Waals surface area (Å²) in [5.74, 6) is 0. The van der Waals surface area contributed by atoms with Gasteiger partial charge in [-0.15, -0.1) is 81.2 Å². The molecule has 0 saturated heterocycles. The monoisotopic (exact) mass is 628 g/mol. The zero-order valence-electron chi connectivity index (χ0n) is 18.1. The molecule has 0 nitrogen and oxygen atoms in total. The van der Waals surface area contributed by atoms with Gasteiger partial charge in [0, 0.05) is 0 Å². The molecule has 0 fully saturated rings. The van der Waals surface area contributed by atoms with Gasteiger partial charge in [-0.1, -0.05) is 26.0 Å². The molecule has 0 spiro atoms. The van der Waals surface area contributed by atoms with E-state index in [9.17, 15) is 0 Å². The Morgan fingerprint density at radius 2 is 1.00 bits per heavy atom. The van der Waals surface area contributed by atoms with Crippen molar-refractivity contribution < 1.29 is 47.8 Å². The standard InChI is InChI=1S/2C10H9.C7H8Si.2ClH.Hf/c2*1-8-6-9-4-2-3-5-10(9)7-8;1-8-7-5-3-2-4-6-7;;;/h2*2-7H,1H3;2-6H,1H3;2*1H;/q2*-1;;;;+2/p-2. The summed E-state index contributed by atoms with van der Waals surface area (Å²) in [5, 5.41) is 6.97. The van der Waals surface area contributed by atoms with E-state index in [2.05, 4.69) is 124 Å². The van der Waals surface area contributed by atoms with E-state index in [0.29, 0.717) is 0 Å². The Morgan fingerprint density at radius 1 is 0.613 bits per heavy atom. The summed E-state index contributed by atoms with van der Waals surface area (Å²) in [5.41, 5.74) is 2.62. The van der Waals surface area contributed by atoms with Gasteiger partial charge in [-0.05, 0) is 0 Å². The van der Waals surface area contributed by atoms with E-state index in [1.54, 1.807) is 5.19 Å². The summed E-state index contributed by atoms with van der Waals surface area (Å²) in [6.07, 6.45) is 0. The fourth-order valence-electron chi connectivity index (χ4n) is 3.30. The molecule has 0 bridgehead atoms. The van der Waals surface area contributed by atoms with Crippen LogP contribution in [0.25, 0.3) is 21.5 Å². The van der Waals surface area contributed by atoms with Crippen LogP contribution in [0.3, 0.4) is 0 Å². The molecule has 0 unspecified atom stereocenters. The third kappa shape index (κ3) is 8.54. The molecular formula is C27H26Cl2HfSi-2. The number of hydrogen-bond acceptors (Lipinski definition) is 0. The van der Waals surface area contributed by atoms with Gasteiger partial charge in [0.2, 0.25) is 0 Å². The molecule has 4 heteroatoms. The van der Waals surface area contributed by atoms with Crippen LogP contribution in [-0.2, 0) is 23.0 Å². The van der Waals surface area contributed by atoms with E-state index < -0.39 is 0 Å². The van der Waals surface area contributed by atoms with Crippen LogP contribution in [0.5, 0.6) is 0 Å². The molecule has 0 heterocycles. The Morgan fingerprint density at radius 3 is 1.35 bits per heavy atom. The Labute approximate surface area is 213 Å². The van der Waals surface area contributed by atoms with Crippen LogP contribution in [0.15, 0.2) is 103 Å². The van der Waals surface area contributed by atoms with Crippen LogP contribution in [-0.4, -0.2) is 5.49 Å².